The smallest absolute Gasteiger partial charge is 0.187 e. The van der Waals surface area contributed by atoms with E-state index in [2.05, 4.69) is 58.9 Å². The van der Waals surface area contributed by atoms with Crippen LogP contribution in [0.1, 0.15) is 6.42 Å². The summed E-state index contributed by atoms with van der Waals surface area (Å²) in [7, 11) is -4.73. The first-order chi connectivity index (χ1) is 9.25. The van der Waals surface area contributed by atoms with Crippen molar-refractivity contribution in [2.75, 3.05) is 6.61 Å². The van der Waals surface area contributed by atoms with Crippen molar-refractivity contribution < 1.29 is 18.0 Å². The first-order valence-electron chi connectivity index (χ1n) is 7.90. The van der Waals surface area contributed by atoms with Gasteiger partial charge in [0.05, 0.1) is 12.7 Å². The topological polar surface area (TPSA) is 36.9 Å². The van der Waals surface area contributed by atoms with Crippen LogP contribution in [-0.4, -0.2) is 50.1 Å². The SMILES string of the molecule is C[Si](C)(C)OC[C@H]1OC(O[Si](C)(C)C)C[C@@H]1O[Si](C)(C)C. The third-order valence-electron chi connectivity index (χ3n) is 2.84. The minimum Gasteiger partial charge on any atom is -0.415 e. The normalized spacial score (nSPS) is 28.1. The van der Waals surface area contributed by atoms with Gasteiger partial charge in [0.2, 0.25) is 0 Å². The zero-order chi connectivity index (χ0) is 16.5. The second-order valence-corrected chi connectivity index (χ2v) is 22.2. The van der Waals surface area contributed by atoms with E-state index in [0.717, 1.165) is 6.42 Å². The highest BCUT2D eigenvalue weighted by molar-refractivity contribution is 6.70. The van der Waals surface area contributed by atoms with E-state index < -0.39 is 25.0 Å². The highest BCUT2D eigenvalue weighted by atomic mass is 28.4. The summed E-state index contributed by atoms with van der Waals surface area (Å²) in [4.78, 5) is 0. The van der Waals surface area contributed by atoms with Gasteiger partial charge in [0.1, 0.15) is 6.10 Å². The number of rotatable bonds is 7. The monoisotopic (exact) mass is 350 g/mol. The van der Waals surface area contributed by atoms with E-state index in [1.54, 1.807) is 0 Å². The summed E-state index contributed by atoms with van der Waals surface area (Å²) in [5, 5.41) is 0. The van der Waals surface area contributed by atoms with Gasteiger partial charge in [-0.05, 0) is 58.9 Å². The Bertz CT molecular complexity index is 331. The van der Waals surface area contributed by atoms with Crippen LogP contribution < -0.4 is 0 Å². The van der Waals surface area contributed by atoms with Crippen molar-refractivity contribution in [1.29, 1.82) is 0 Å². The maximum atomic E-state index is 6.31. The molecule has 0 amide bonds. The molecule has 1 saturated heterocycles. The third kappa shape index (κ3) is 8.63. The molecule has 126 valence electrons. The molecule has 7 heteroatoms. The fourth-order valence-electron chi connectivity index (χ4n) is 2.21. The second-order valence-electron chi connectivity index (χ2n) is 8.76. The third-order valence-corrected chi connectivity index (χ3v) is 5.85. The van der Waals surface area contributed by atoms with Crippen molar-refractivity contribution in [2.24, 2.45) is 0 Å². The van der Waals surface area contributed by atoms with Crippen LogP contribution in [0, 0.1) is 0 Å². The summed E-state index contributed by atoms with van der Waals surface area (Å²) in [5.41, 5.74) is 0. The molecule has 0 radical (unpaired) electrons. The molecule has 1 aliphatic heterocycles. The lowest BCUT2D eigenvalue weighted by Gasteiger charge is -2.28. The van der Waals surface area contributed by atoms with Crippen molar-refractivity contribution in [3.63, 3.8) is 0 Å². The minimum atomic E-state index is -1.60. The highest BCUT2D eigenvalue weighted by Gasteiger charge is 2.41. The Morgan fingerprint density at radius 1 is 0.810 bits per heavy atom. The fourth-order valence-corrected chi connectivity index (χ4v) is 4.97. The summed E-state index contributed by atoms with van der Waals surface area (Å²) in [6.45, 7) is 20.5. The summed E-state index contributed by atoms with van der Waals surface area (Å²) < 4.78 is 24.6. The summed E-state index contributed by atoms with van der Waals surface area (Å²) >= 11 is 0. The average molecular weight is 351 g/mol. The van der Waals surface area contributed by atoms with Crippen LogP contribution in [0.25, 0.3) is 0 Å². The Kier molecular flexibility index (Phi) is 6.46. The van der Waals surface area contributed by atoms with Gasteiger partial charge in [0.25, 0.3) is 0 Å². The molecule has 1 unspecified atom stereocenters. The molecule has 0 aromatic rings. The van der Waals surface area contributed by atoms with Gasteiger partial charge in [-0.1, -0.05) is 0 Å². The first kappa shape index (κ1) is 19.5. The number of hydrogen-bond acceptors (Lipinski definition) is 4. The van der Waals surface area contributed by atoms with E-state index in [1.165, 1.54) is 0 Å². The first-order valence-corrected chi connectivity index (χ1v) is 18.1. The van der Waals surface area contributed by atoms with Crippen LogP contribution in [-0.2, 0) is 18.0 Å². The molecule has 3 atom stereocenters. The number of ether oxygens (including phenoxy) is 1. The molecule has 0 aromatic heterocycles. The summed E-state index contributed by atoms with van der Waals surface area (Å²) in [6, 6.07) is 0. The van der Waals surface area contributed by atoms with Crippen LogP contribution in [0.15, 0.2) is 0 Å². The van der Waals surface area contributed by atoms with Gasteiger partial charge >= 0.3 is 0 Å². The lowest BCUT2D eigenvalue weighted by Crippen LogP contribution is -2.40. The van der Waals surface area contributed by atoms with Gasteiger partial charge in [-0.25, -0.2) is 0 Å². The number of hydrogen-bond donors (Lipinski definition) is 0. The minimum absolute atomic E-state index is 0.00444. The van der Waals surface area contributed by atoms with Crippen molar-refractivity contribution in [2.45, 2.75) is 83.8 Å². The van der Waals surface area contributed by atoms with E-state index in [1.807, 2.05) is 0 Å². The van der Waals surface area contributed by atoms with E-state index >= 15 is 0 Å². The lowest BCUT2D eigenvalue weighted by atomic mass is 10.2. The van der Waals surface area contributed by atoms with Gasteiger partial charge in [-0.3, -0.25) is 0 Å². The molecule has 4 nitrogen and oxygen atoms in total. The van der Waals surface area contributed by atoms with Crippen molar-refractivity contribution in [3.05, 3.63) is 0 Å². The largest absolute Gasteiger partial charge is 0.415 e. The molecule has 0 spiro atoms. The van der Waals surface area contributed by atoms with E-state index in [-0.39, 0.29) is 18.5 Å². The van der Waals surface area contributed by atoms with Crippen LogP contribution >= 0.6 is 0 Å². The molecule has 0 aliphatic carbocycles. The molecule has 0 saturated carbocycles. The van der Waals surface area contributed by atoms with Crippen molar-refractivity contribution >= 4 is 25.0 Å². The van der Waals surface area contributed by atoms with Crippen molar-refractivity contribution in [3.8, 4) is 0 Å². The van der Waals surface area contributed by atoms with E-state index in [0.29, 0.717) is 6.61 Å². The van der Waals surface area contributed by atoms with Gasteiger partial charge in [-0.2, -0.15) is 0 Å². The zero-order valence-electron chi connectivity index (χ0n) is 15.3. The molecule has 1 aliphatic rings. The fraction of sp³-hybridized carbons (Fsp3) is 1.00. The predicted octanol–water partition coefficient (Wildman–Crippen LogP) is 4.02. The summed E-state index contributed by atoms with van der Waals surface area (Å²) in [5.74, 6) is 0. The highest BCUT2D eigenvalue weighted by Crippen LogP contribution is 2.29. The lowest BCUT2D eigenvalue weighted by molar-refractivity contribution is -0.0941. The van der Waals surface area contributed by atoms with Crippen LogP contribution in [0.3, 0.4) is 0 Å². The zero-order valence-corrected chi connectivity index (χ0v) is 18.3. The molecule has 0 aromatic carbocycles. The summed E-state index contributed by atoms with van der Waals surface area (Å²) in [6.07, 6.45) is 0.807. The van der Waals surface area contributed by atoms with Crippen LogP contribution in [0.5, 0.6) is 0 Å². The Morgan fingerprint density at radius 2 is 1.33 bits per heavy atom. The quantitative estimate of drug-likeness (QED) is 0.650. The van der Waals surface area contributed by atoms with Gasteiger partial charge < -0.3 is 18.0 Å². The molecular weight excluding hydrogens is 316 g/mol. The van der Waals surface area contributed by atoms with E-state index in [9.17, 15) is 0 Å². The molecule has 1 fully saturated rings. The standard InChI is InChI=1S/C14H34O4Si3/c1-19(2,3)15-11-13-12(17-20(4,5)6)10-14(16-13)18-21(7,8)9/h12-14H,10-11H2,1-9H3/t12-,13+,14?/m0/s1. The van der Waals surface area contributed by atoms with Crippen molar-refractivity contribution in [1.82, 2.24) is 0 Å². The maximum Gasteiger partial charge on any atom is 0.187 e. The molecule has 0 bridgehead atoms. The molecule has 21 heavy (non-hydrogen) atoms. The van der Waals surface area contributed by atoms with Gasteiger partial charge in [-0.15, -0.1) is 0 Å². The Hall–Kier alpha value is 0.491. The van der Waals surface area contributed by atoms with Gasteiger partial charge in [0.15, 0.2) is 31.2 Å². The Balaban J connectivity index is 2.66. The maximum absolute atomic E-state index is 6.31. The van der Waals surface area contributed by atoms with Gasteiger partial charge in [0, 0.05) is 6.42 Å². The second kappa shape index (κ2) is 6.94. The molecular formula is C14H34O4Si3. The Morgan fingerprint density at radius 3 is 1.76 bits per heavy atom. The average Bonchev–Trinajstić information content (AvgIpc) is 2.50. The molecule has 0 N–H and O–H groups in total. The molecule has 1 rings (SSSR count). The predicted molar refractivity (Wildman–Crippen MR) is 95.2 cm³/mol. The van der Waals surface area contributed by atoms with E-state index in [4.69, 9.17) is 18.0 Å². The molecule has 1 heterocycles. The van der Waals surface area contributed by atoms with Crippen LogP contribution in [0.2, 0.25) is 58.9 Å². The van der Waals surface area contributed by atoms with Crippen LogP contribution in [0.4, 0.5) is 0 Å². The Labute approximate surface area is 133 Å².